The van der Waals surface area contributed by atoms with Crippen LogP contribution in [0.4, 0.5) is 5.69 Å². The van der Waals surface area contributed by atoms with E-state index in [0.29, 0.717) is 12.4 Å². The predicted octanol–water partition coefficient (Wildman–Crippen LogP) is 2.27. The molecule has 0 unspecified atom stereocenters. The van der Waals surface area contributed by atoms with E-state index in [1.165, 1.54) is 28.6 Å². The van der Waals surface area contributed by atoms with Crippen LogP contribution in [0.2, 0.25) is 0 Å². The minimum absolute atomic E-state index is 0.131. The van der Waals surface area contributed by atoms with Crippen molar-refractivity contribution in [1.82, 2.24) is 4.31 Å². The molecule has 2 fully saturated rings. The first-order valence-electron chi connectivity index (χ1n) is 7.95. The van der Waals surface area contributed by atoms with E-state index in [1.54, 1.807) is 11.8 Å². The molecule has 24 heavy (non-hydrogen) atoms. The summed E-state index contributed by atoms with van der Waals surface area (Å²) in [6.07, 6.45) is 2.37. The number of nitro benzene ring substituents is 1. The topological polar surface area (TPSA) is 89.8 Å². The summed E-state index contributed by atoms with van der Waals surface area (Å²) in [5.41, 5.74) is -0.375. The van der Waals surface area contributed by atoms with E-state index in [1.807, 2.05) is 0 Å². The van der Waals surface area contributed by atoms with Crippen molar-refractivity contribution in [2.45, 2.75) is 36.3 Å². The first kappa shape index (κ1) is 17.7. The number of sulfonamides is 1. The summed E-state index contributed by atoms with van der Waals surface area (Å²) in [5.74, 6) is 1.62. The second-order valence-corrected chi connectivity index (χ2v) is 8.96. The van der Waals surface area contributed by atoms with Crippen LogP contribution in [-0.2, 0) is 14.8 Å². The molecule has 9 heteroatoms. The molecule has 0 spiro atoms. The SMILES string of the molecule is O=[N+]([O-])c1ccccc1S(=O)(=O)N(C[C@@H]1CCCO1)[C@@H]1CCSC1. The summed E-state index contributed by atoms with van der Waals surface area (Å²) in [6.45, 7) is 0.906. The highest BCUT2D eigenvalue weighted by atomic mass is 32.2. The molecular formula is C15H20N2O5S2. The molecule has 2 saturated heterocycles. The van der Waals surface area contributed by atoms with Gasteiger partial charge in [0.05, 0.1) is 11.0 Å². The highest BCUT2D eigenvalue weighted by Crippen LogP contribution is 2.32. The number of para-hydroxylation sites is 1. The number of thioether (sulfide) groups is 1. The van der Waals surface area contributed by atoms with Crippen LogP contribution in [-0.4, -0.2) is 54.4 Å². The molecule has 0 aliphatic carbocycles. The Labute approximate surface area is 145 Å². The number of hydrogen-bond acceptors (Lipinski definition) is 6. The van der Waals surface area contributed by atoms with Gasteiger partial charge in [-0.2, -0.15) is 16.1 Å². The molecule has 2 atom stereocenters. The Hall–Kier alpha value is -1.16. The van der Waals surface area contributed by atoms with Crippen molar-refractivity contribution >= 4 is 27.5 Å². The van der Waals surface area contributed by atoms with E-state index < -0.39 is 14.9 Å². The zero-order valence-electron chi connectivity index (χ0n) is 13.2. The van der Waals surface area contributed by atoms with Gasteiger partial charge in [0.2, 0.25) is 10.0 Å². The quantitative estimate of drug-likeness (QED) is 0.562. The van der Waals surface area contributed by atoms with Crippen molar-refractivity contribution in [3.05, 3.63) is 34.4 Å². The van der Waals surface area contributed by atoms with Crippen LogP contribution in [0.25, 0.3) is 0 Å². The van der Waals surface area contributed by atoms with Crippen LogP contribution in [0.5, 0.6) is 0 Å². The van der Waals surface area contributed by atoms with Crippen LogP contribution >= 0.6 is 11.8 Å². The monoisotopic (exact) mass is 372 g/mol. The molecule has 2 aliphatic heterocycles. The lowest BCUT2D eigenvalue weighted by Crippen LogP contribution is -2.44. The fraction of sp³-hybridized carbons (Fsp3) is 0.600. The van der Waals surface area contributed by atoms with E-state index in [-0.39, 0.29) is 29.3 Å². The molecule has 2 aliphatic rings. The average Bonchev–Trinajstić information content (AvgIpc) is 3.26. The normalized spacial score (nSPS) is 24.5. The van der Waals surface area contributed by atoms with Gasteiger partial charge in [-0.1, -0.05) is 12.1 Å². The van der Waals surface area contributed by atoms with Gasteiger partial charge in [0.25, 0.3) is 5.69 Å². The lowest BCUT2D eigenvalue weighted by molar-refractivity contribution is -0.387. The van der Waals surface area contributed by atoms with E-state index in [0.717, 1.165) is 25.0 Å². The zero-order valence-corrected chi connectivity index (χ0v) is 14.8. The number of hydrogen-bond donors (Lipinski definition) is 0. The van der Waals surface area contributed by atoms with Crippen molar-refractivity contribution in [3.63, 3.8) is 0 Å². The van der Waals surface area contributed by atoms with Crippen molar-refractivity contribution < 1.29 is 18.1 Å². The largest absolute Gasteiger partial charge is 0.377 e. The molecule has 1 aromatic carbocycles. The Morgan fingerprint density at radius 3 is 2.75 bits per heavy atom. The molecule has 3 rings (SSSR count). The summed E-state index contributed by atoms with van der Waals surface area (Å²) in [7, 11) is -3.95. The molecule has 0 bridgehead atoms. The predicted molar refractivity (Wildman–Crippen MR) is 91.7 cm³/mol. The fourth-order valence-electron chi connectivity index (χ4n) is 3.13. The maximum absolute atomic E-state index is 13.2. The first-order chi connectivity index (χ1) is 11.5. The van der Waals surface area contributed by atoms with Gasteiger partial charge >= 0.3 is 0 Å². The Bertz CT molecular complexity index is 698. The lowest BCUT2D eigenvalue weighted by Gasteiger charge is -2.29. The van der Waals surface area contributed by atoms with Gasteiger partial charge in [0, 0.05) is 31.0 Å². The van der Waals surface area contributed by atoms with Gasteiger partial charge in [-0.05, 0) is 31.1 Å². The minimum atomic E-state index is -3.95. The second-order valence-electron chi connectivity index (χ2n) is 5.95. The number of nitrogens with zero attached hydrogens (tertiary/aromatic N) is 2. The van der Waals surface area contributed by atoms with Gasteiger partial charge in [-0.15, -0.1) is 0 Å². The Morgan fingerprint density at radius 2 is 2.12 bits per heavy atom. The highest BCUT2D eigenvalue weighted by Gasteiger charge is 2.39. The van der Waals surface area contributed by atoms with Crippen LogP contribution in [0, 0.1) is 10.1 Å². The molecule has 0 saturated carbocycles. The number of ether oxygens (including phenoxy) is 1. The molecule has 2 heterocycles. The molecule has 7 nitrogen and oxygen atoms in total. The van der Waals surface area contributed by atoms with Gasteiger partial charge < -0.3 is 4.74 Å². The van der Waals surface area contributed by atoms with Crippen LogP contribution < -0.4 is 0 Å². The van der Waals surface area contributed by atoms with Crippen LogP contribution in [0.1, 0.15) is 19.3 Å². The van der Waals surface area contributed by atoms with Gasteiger partial charge in [0.15, 0.2) is 4.90 Å². The molecule has 0 N–H and O–H groups in total. The van der Waals surface area contributed by atoms with Crippen molar-refractivity contribution in [1.29, 1.82) is 0 Å². The summed E-state index contributed by atoms with van der Waals surface area (Å²) < 4.78 is 33.4. The fourth-order valence-corrected chi connectivity index (χ4v) is 6.30. The minimum Gasteiger partial charge on any atom is -0.377 e. The number of benzene rings is 1. The summed E-state index contributed by atoms with van der Waals surface area (Å²) in [5, 5.41) is 11.3. The molecule has 0 amide bonds. The average molecular weight is 372 g/mol. The summed E-state index contributed by atoms with van der Waals surface area (Å²) in [4.78, 5) is 10.4. The Kier molecular flexibility index (Phi) is 5.43. The zero-order chi connectivity index (χ0) is 17.2. The van der Waals surface area contributed by atoms with Crippen LogP contribution in [0.3, 0.4) is 0 Å². The Balaban J connectivity index is 1.97. The maximum atomic E-state index is 13.2. The van der Waals surface area contributed by atoms with E-state index in [4.69, 9.17) is 4.74 Å². The van der Waals surface area contributed by atoms with E-state index >= 15 is 0 Å². The van der Waals surface area contributed by atoms with Gasteiger partial charge in [-0.25, -0.2) is 8.42 Å². The van der Waals surface area contributed by atoms with Gasteiger partial charge in [0.1, 0.15) is 0 Å². The highest BCUT2D eigenvalue weighted by molar-refractivity contribution is 7.99. The van der Waals surface area contributed by atoms with Crippen molar-refractivity contribution in [2.24, 2.45) is 0 Å². The molecular weight excluding hydrogens is 352 g/mol. The third kappa shape index (κ3) is 3.58. The number of nitro groups is 1. The maximum Gasteiger partial charge on any atom is 0.289 e. The molecule has 1 aromatic rings. The summed E-state index contributed by atoms with van der Waals surface area (Å²) >= 11 is 1.71. The van der Waals surface area contributed by atoms with Crippen molar-refractivity contribution in [3.8, 4) is 0 Å². The first-order valence-corrected chi connectivity index (χ1v) is 10.5. The smallest absolute Gasteiger partial charge is 0.289 e. The van der Waals surface area contributed by atoms with Gasteiger partial charge in [-0.3, -0.25) is 10.1 Å². The second kappa shape index (κ2) is 7.38. The third-order valence-electron chi connectivity index (χ3n) is 4.37. The van der Waals surface area contributed by atoms with E-state index in [2.05, 4.69) is 0 Å². The van der Waals surface area contributed by atoms with Crippen LogP contribution in [0.15, 0.2) is 29.2 Å². The summed E-state index contributed by atoms with van der Waals surface area (Å²) in [6, 6.07) is 5.42. The third-order valence-corrected chi connectivity index (χ3v) is 7.48. The standard InChI is InChI=1S/C15H20N2O5S2/c18-17(19)14-5-1-2-6-15(14)24(20,21)16(12-7-9-23-11-12)10-13-4-3-8-22-13/h1-2,5-6,12-13H,3-4,7-11H2/t12-,13+/m1/s1. The van der Waals surface area contributed by atoms with Crippen molar-refractivity contribution in [2.75, 3.05) is 24.7 Å². The lowest BCUT2D eigenvalue weighted by atomic mass is 10.2. The molecule has 0 radical (unpaired) electrons. The van der Waals surface area contributed by atoms with E-state index in [9.17, 15) is 18.5 Å². The number of rotatable bonds is 6. The Morgan fingerprint density at radius 1 is 1.33 bits per heavy atom. The molecule has 132 valence electrons. The molecule has 0 aromatic heterocycles.